The lowest BCUT2D eigenvalue weighted by atomic mass is 9.98. The minimum absolute atomic E-state index is 0.0972. The highest BCUT2D eigenvalue weighted by Crippen LogP contribution is 2.27. The van der Waals surface area contributed by atoms with E-state index in [0.29, 0.717) is 34.8 Å². The first-order valence-corrected chi connectivity index (χ1v) is 10.4. The number of aliphatic hydroxyl groups is 1. The quantitative estimate of drug-likeness (QED) is 0.833. The Labute approximate surface area is 151 Å². The van der Waals surface area contributed by atoms with E-state index in [4.69, 9.17) is 0 Å². The largest absolute Gasteiger partial charge is 0.392 e. The molecule has 1 aliphatic rings. The van der Waals surface area contributed by atoms with E-state index in [1.165, 1.54) is 15.6 Å². The van der Waals surface area contributed by atoms with E-state index in [1.54, 1.807) is 41.8 Å². The van der Waals surface area contributed by atoms with Crippen molar-refractivity contribution >= 4 is 33.0 Å². The second-order valence-electron chi connectivity index (χ2n) is 5.98. The fourth-order valence-corrected chi connectivity index (χ4v) is 5.57. The van der Waals surface area contributed by atoms with Gasteiger partial charge in [0.25, 0.3) is 10.0 Å². The minimum atomic E-state index is -3.53. The first kappa shape index (κ1) is 18.1. The van der Waals surface area contributed by atoms with Crippen molar-refractivity contribution in [3.8, 4) is 0 Å². The number of sulfonamides is 1. The summed E-state index contributed by atoms with van der Waals surface area (Å²) >= 11 is 1.19. The van der Waals surface area contributed by atoms with Crippen molar-refractivity contribution < 1.29 is 18.3 Å². The molecule has 1 saturated heterocycles. The zero-order valence-corrected chi connectivity index (χ0v) is 15.2. The van der Waals surface area contributed by atoms with Crippen LogP contribution in [0, 0.1) is 5.92 Å². The number of carbonyl (C=O) groups is 1. The maximum absolute atomic E-state index is 12.6. The summed E-state index contributed by atoms with van der Waals surface area (Å²) in [5.74, 6) is -0.581. The number of carbonyl (C=O) groups excluding carboxylic acids is 1. The van der Waals surface area contributed by atoms with E-state index in [9.17, 15) is 18.3 Å². The van der Waals surface area contributed by atoms with Gasteiger partial charge in [-0.15, -0.1) is 11.3 Å². The van der Waals surface area contributed by atoms with Gasteiger partial charge in [0.15, 0.2) is 0 Å². The van der Waals surface area contributed by atoms with E-state index in [0.717, 1.165) is 0 Å². The maximum atomic E-state index is 12.6. The van der Waals surface area contributed by atoms with Gasteiger partial charge in [-0.05, 0) is 42.0 Å². The molecule has 1 aromatic carbocycles. The molecule has 0 saturated carbocycles. The zero-order valence-electron chi connectivity index (χ0n) is 13.6. The minimum Gasteiger partial charge on any atom is -0.392 e. The van der Waals surface area contributed by atoms with Crippen LogP contribution in [0.3, 0.4) is 0 Å². The highest BCUT2D eigenvalue weighted by Gasteiger charge is 2.33. The number of aliphatic hydroxyl groups excluding tert-OH is 1. The summed E-state index contributed by atoms with van der Waals surface area (Å²) in [4.78, 5) is 12.5. The summed E-state index contributed by atoms with van der Waals surface area (Å²) in [5, 5.41) is 13.7. The van der Waals surface area contributed by atoms with Gasteiger partial charge < -0.3 is 10.4 Å². The van der Waals surface area contributed by atoms with Crippen molar-refractivity contribution in [2.45, 2.75) is 23.7 Å². The van der Waals surface area contributed by atoms with Crippen LogP contribution in [-0.2, 0) is 21.4 Å². The Bertz CT molecular complexity index is 834. The monoisotopic (exact) mass is 380 g/mol. The molecular formula is C17H20N2O4S2. The number of rotatable bonds is 5. The summed E-state index contributed by atoms with van der Waals surface area (Å²) in [6.07, 6.45) is 1.31. The molecule has 1 fully saturated rings. The molecule has 2 heterocycles. The van der Waals surface area contributed by atoms with Gasteiger partial charge in [0.05, 0.1) is 12.5 Å². The van der Waals surface area contributed by atoms with Gasteiger partial charge in [-0.2, -0.15) is 4.31 Å². The first-order chi connectivity index (χ1) is 12.0. The molecule has 0 radical (unpaired) electrons. The van der Waals surface area contributed by atoms with Crippen molar-refractivity contribution in [2.75, 3.05) is 18.4 Å². The van der Waals surface area contributed by atoms with E-state index < -0.39 is 10.0 Å². The summed E-state index contributed by atoms with van der Waals surface area (Å²) in [7, 11) is -3.53. The van der Waals surface area contributed by atoms with Crippen molar-refractivity contribution in [1.82, 2.24) is 4.31 Å². The predicted octanol–water partition coefficient (Wildman–Crippen LogP) is 2.28. The average Bonchev–Trinajstić information content (AvgIpc) is 3.17. The number of piperidine rings is 1. The highest BCUT2D eigenvalue weighted by molar-refractivity contribution is 7.91. The van der Waals surface area contributed by atoms with Crippen molar-refractivity contribution in [3.63, 3.8) is 0 Å². The summed E-state index contributed by atoms with van der Waals surface area (Å²) in [6, 6.07) is 10.3. The molecule has 2 N–H and O–H groups in total. The Morgan fingerprint density at radius 2 is 2.16 bits per heavy atom. The third-order valence-electron chi connectivity index (χ3n) is 4.22. The Morgan fingerprint density at radius 3 is 2.88 bits per heavy atom. The Balaban J connectivity index is 1.69. The molecule has 134 valence electrons. The lowest BCUT2D eigenvalue weighted by Crippen LogP contribution is -2.43. The van der Waals surface area contributed by atoms with E-state index in [2.05, 4.69) is 5.32 Å². The van der Waals surface area contributed by atoms with Gasteiger partial charge in [0.1, 0.15) is 4.21 Å². The first-order valence-electron chi connectivity index (χ1n) is 8.05. The number of amides is 1. The molecule has 1 atom stereocenters. The van der Waals surface area contributed by atoms with E-state index in [-0.39, 0.29) is 25.0 Å². The van der Waals surface area contributed by atoms with Gasteiger partial charge in [-0.1, -0.05) is 18.2 Å². The van der Waals surface area contributed by atoms with Crippen LogP contribution in [0.15, 0.2) is 46.0 Å². The molecule has 25 heavy (non-hydrogen) atoms. The number of hydrogen-bond acceptors (Lipinski definition) is 5. The second-order valence-corrected chi connectivity index (χ2v) is 9.09. The molecule has 0 unspecified atom stereocenters. The van der Waals surface area contributed by atoms with Crippen LogP contribution >= 0.6 is 11.3 Å². The number of nitrogens with one attached hydrogen (secondary N) is 1. The Hall–Kier alpha value is -1.74. The molecule has 0 bridgehead atoms. The molecule has 0 spiro atoms. The Kier molecular flexibility index (Phi) is 5.53. The summed E-state index contributed by atoms with van der Waals surface area (Å²) in [5.41, 5.74) is 1.32. The van der Waals surface area contributed by atoms with Crippen LogP contribution in [-0.4, -0.2) is 36.8 Å². The average molecular weight is 380 g/mol. The van der Waals surface area contributed by atoms with Crippen molar-refractivity contribution in [2.24, 2.45) is 5.92 Å². The van der Waals surface area contributed by atoms with Gasteiger partial charge in [-0.25, -0.2) is 8.42 Å². The van der Waals surface area contributed by atoms with Gasteiger partial charge >= 0.3 is 0 Å². The third kappa shape index (κ3) is 4.09. The topological polar surface area (TPSA) is 86.7 Å². The summed E-state index contributed by atoms with van der Waals surface area (Å²) in [6.45, 7) is 0.524. The van der Waals surface area contributed by atoms with Crippen LogP contribution in [0.25, 0.3) is 0 Å². The standard InChI is InChI=1S/C17H20N2O4S2/c20-12-13-4-1-6-15(10-13)18-17(21)14-5-2-8-19(11-14)25(22,23)16-7-3-9-24-16/h1,3-4,6-7,9-10,14,20H,2,5,8,11-12H2,(H,18,21)/t14-/m0/s1. The second kappa shape index (κ2) is 7.65. The van der Waals surface area contributed by atoms with Crippen molar-refractivity contribution in [1.29, 1.82) is 0 Å². The number of nitrogens with zero attached hydrogens (tertiary/aromatic N) is 1. The molecule has 8 heteroatoms. The van der Waals surface area contributed by atoms with E-state index >= 15 is 0 Å². The number of anilines is 1. The van der Waals surface area contributed by atoms with E-state index in [1.807, 2.05) is 0 Å². The van der Waals surface area contributed by atoms with Gasteiger partial charge in [0.2, 0.25) is 5.91 Å². The lowest BCUT2D eigenvalue weighted by Gasteiger charge is -2.30. The third-order valence-corrected chi connectivity index (χ3v) is 7.46. The number of hydrogen-bond donors (Lipinski definition) is 2. The van der Waals surface area contributed by atoms with Gasteiger partial charge in [-0.3, -0.25) is 4.79 Å². The van der Waals surface area contributed by atoms with Crippen LogP contribution < -0.4 is 5.32 Å². The maximum Gasteiger partial charge on any atom is 0.252 e. The van der Waals surface area contributed by atoms with Crippen LogP contribution in [0.4, 0.5) is 5.69 Å². The zero-order chi connectivity index (χ0) is 17.9. The predicted molar refractivity (Wildman–Crippen MR) is 96.8 cm³/mol. The molecular weight excluding hydrogens is 360 g/mol. The molecule has 0 aliphatic carbocycles. The summed E-state index contributed by atoms with van der Waals surface area (Å²) < 4.78 is 27.0. The van der Waals surface area contributed by atoms with Crippen LogP contribution in [0.1, 0.15) is 18.4 Å². The molecule has 3 rings (SSSR count). The fraction of sp³-hybridized carbons (Fsp3) is 0.353. The smallest absolute Gasteiger partial charge is 0.252 e. The number of thiophene rings is 1. The molecule has 1 aliphatic heterocycles. The molecule has 1 amide bonds. The number of benzene rings is 1. The Morgan fingerprint density at radius 1 is 1.32 bits per heavy atom. The molecule has 1 aromatic heterocycles. The van der Waals surface area contributed by atoms with Crippen LogP contribution in [0.5, 0.6) is 0 Å². The lowest BCUT2D eigenvalue weighted by molar-refractivity contribution is -0.120. The van der Waals surface area contributed by atoms with Crippen molar-refractivity contribution in [3.05, 3.63) is 47.3 Å². The molecule has 6 nitrogen and oxygen atoms in total. The normalized spacial score (nSPS) is 18.8. The SMILES string of the molecule is O=C(Nc1cccc(CO)c1)[C@H]1CCCN(S(=O)(=O)c2cccs2)C1. The van der Waals surface area contributed by atoms with Gasteiger partial charge in [0, 0.05) is 18.8 Å². The fourth-order valence-electron chi connectivity index (χ4n) is 2.90. The van der Waals surface area contributed by atoms with Crippen LogP contribution in [0.2, 0.25) is 0 Å². The molecule has 2 aromatic rings. The highest BCUT2D eigenvalue weighted by atomic mass is 32.2.